The third kappa shape index (κ3) is 5.59. The lowest BCUT2D eigenvalue weighted by molar-refractivity contribution is 0.584. The minimum Gasteiger partial charge on any atom is -0.348 e. The van der Waals surface area contributed by atoms with Gasteiger partial charge < -0.3 is 10.2 Å². The molecule has 0 spiro atoms. The Hall–Kier alpha value is -0.610. The van der Waals surface area contributed by atoms with Crippen LogP contribution >= 0.6 is 11.3 Å². The summed E-state index contributed by atoms with van der Waals surface area (Å²) in [6, 6.07) is 0.512. The van der Waals surface area contributed by atoms with E-state index >= 15 is 0 Å². The Balaban J connectivity index is 2.99. The van der Waals surface area contributed by atoms with Crippen molar-refractivity contribution in [3.63, 3.8) is 0 Å². The Kier molecular flexibility index (Phi) is 7.67. The highest BCUT2D eigenvalue weighted by molar-refractivity contribution is 7.15. The number of anilines is 1. The number of thiazole rings is 1. The summed E-state index contributed by atoms with van der Waals surface area (Å²) in [6.45, 7) is 18.7. The number of nitrogens with zero attached hydrogens (tertiary/aromatic N) is 2. The zero-order valence-corrected chi connectivity index (χ0v) is 15.7. The van der Waals surface area contributed by atoms with Crippen LogP contribution < -0.4 is 10.2 Å². The minimum absolute atomic E-state index is 0.512. The number of hydrogen-bond acceptors (Lipinski definition) is 4. The van der Waals surface area contributed by atoms with Gasteiger partial charge in [-0.2, -0.15) is 0 Å². The lowest BCUT2D eigenvalue weighted by atomic mass is 10.0. The van der Waals surface area contributed by atoms with E-state index in [2.05, 4.69) is 58.7 Å². The van der Waals surface area contributed by atoms with Crippen molar-refractivity contribution in [1.82, 2.24) is 10.3 Å². The lowest BCUT2D eigenvalue weighted by Gasteiger charge is -2.21. The van der Waals surface area contributed by atoms with E-state index in [9.17, 15) is 0 Å². The van der Waals surface area contributed by atoms with Crippen LogP contribution in [0.4, 0.5) is 5.13 Å². The van der Waals surface area contributed by atoms with Gasteiger partial charge in [0.05, 0.1) is 5.69 Å². The predicted molar refractivity (Wildman–Crippen MR) is 95.5 cm³/mol. The van der Waals surface area contributed by atoms with E-state index in [1.807, 2.05) is 11.3 Å². The van der Waals surface area contributed by atoms with Crippen molar-refractivity contribution in [3.05, 3.63) is 10.6 Å². The quantitative estimate of drug-likeness (QED) is 0.720. The third-order valence-electron chi connectivity index (χ3n) is 3.70. The standard InChI is InChI=1S/C17H33N3S/c1-8-14(7)16-15(10-18-13(5)6)21-17(19-16)20(9-2)11-12(3)4/h12-14,18H,8-11H2,1-7H3. The maximum Gasteiger partial charge on any atom is 0.185 e. The first kappa shape index (κ1) is 18.4. The third-order valence-corrected chi connectivity index (χ3v) is 4.84. The van der Waals surface area contributed by atoms with Crippen LogP contribution in [0.15, 0.2) is 0 Å². The van der Waals surface area contributed by atoms with Gasteiger partial charge in [0.2, 0.25) is 0 Å². The Labute approximate surface area is 135 Å². The highest BCUT2D eigenvalue weighted by Crippen LogP contribution is 2.32. The Bertz CT molecular complexity index is 412. The van der Waals surface area contributed by atoms with E-state index in [1.165, 1.54) is 15.7 Å². The van der Waals surface area contributed by atoms with E-state index in [1.54, 1.807) is 0 Å². The van der Waals surface area contributed by atoms with Crippen molar-refractivity contribution in [3.8, 4) is 0 Å². The van der Waals surface area contributed by atoms with Crippen molar-refractivity contribution >= 4 is 16.5 Å². The van der Waals surface area contributed by atoms with Gasteiger partial charge in [0.1, 0.15) is 0 Å². The minimum atomic E-state index is 0.512. The second-order valence-electron chi connectivity index (χ2n) is 6.58. The van der Waals surface area contributed by atoms with E-state index in [0.717, 1.165) is 26.1 Å². The molecular formula is C17H33N3S. The molecule has 0 radical (unpaired) electrons. The average Bonchev–Trinajstić information content (AvgIpc) is 2.85. The first-order chi connectivity index (χ1) is 9.88. The second kappa shape index (κ2) is 8.74. The van der Waals surface area contributed by atoms with Crippen molar-refractivity contribution in [2.75, 3.05) is 18.0 Å². The van der Waals surface area contributed by atoms with Gasteiger partial charge in [0, 0.05) is 30.6 Å². The molecule has 0 bridgehead atoms. The molecular weight excluding hydrogens is 278 g/mol. The SMILES string of the molecule is CCC(C)c1nc(N(CC)CC(C)C)sc1CNC(C)C. The van der Waals surface area contributed by atoms with Gasteiger partial charge >= 0.3 is 0 Å². The zero-order chi connectivity index (χ0) is 16.0. The maximum atomic E-state index is 4.99. The first-order valence-corrected chi connectivity index (χ1v) is 9.18. The molecule has 3 nitrogen and oxygen atoms in total. The average molecular weight is 312 g/mol. The molecule has 0 amide bonds. The van der Waals surface area contributed by atoms with Gasteiger partial charge in [0.15, 0.2) is 5.13 Å². The molecule has 0 aliphatic carbocycles. The summed E-state index contributed by atoms with van der Waals surface area (Å²) in [7, 11) is 0. The van der Waals surface area contributed by atoms with Crippen LogP contribution in [0, 0.1) is 5.92 Å². The van der Waals surface area contributed by atoms with Crippen LogP contribution in [0.1, 0.15) is 71.4 Å². The van der Waals surface area contributed by atoms with Gasteiger partial charge in [-0.25, -0.2) is 4.98 Å². The molecule has 0 aromatic carbocycles. The summed E-state index contributed by atoms with van der Waals surface area (Å²) in [4.78, 5) is 8.82. The summed E-state index contributed by atoms with van der Waals surface area (Å²) in [5.41, 5.74) is 1.30. The van der Waals surface area contributed by atoms with Crippen molar-refractivity contribution in [2.24, 2.45) is 5.92 Å². The van der Waals surface area contributed by atoms with E-state index in [4.69, 9.17) is 4.98 Å². The Morgan fingerprint density at radius 3 is 2.29 bits per heavy atom. The topological polar surface area (TPSA) is 28.2 Å². The van der Waals surface area contributed by atoms with Crippen LogP contribution in [0.3, 0.4) is 0 Å². The van der Waals surface area contributed by atoms with Crippen molar-refractivity contribution < 1.29 is 0 Å². The van der Waals surface area contributed by atoms with Crippen LogP contribution in [0.25, 0.3) is 0 Å². The molecule has 1 unspecified atom stereocenters. The molecule has 0 aliphatic rings. The van der Waals surface area contributed by atoms with E-state index < -0.39 is 0 Å². The zero-order valence-electron chi connectivity index (χ0n) is 14.9. The number of hydrogen-bond donors (Lipinski definition) is 1. The van der Waals surface area contributed by atoms with E-state index in [0.29, 0.717) is 17.9 Å². The van der Waals surface area contributed by atoms with Gasteiger partial charge in [-0.15, -0.1) is 11.3 Å². The fourth-order valence-electron chi connectivity index (χ4n) is 2.27. The van der Waals surface area contributed by atoms with Gasteiger partial charge in [0.25, 0.3) is 0 Å². The van der Waals surface area contributed by atoms with Gasteiger partial charge in [-0.05, 0) is 25.2 Å². The Morgan fingerprint density at radius 2 is 1.81 bits per heavy atom. The summed E-state index contributed by atoms with van der Waals surface area (Å²) < 4.78 is 0. The molecule has 4 heteroatoms. The summed E-state index contributed by atoms with van der Waals surface area (Å²) in [6.07, 6.45) is 1.15. The van der Waals surface area contributed by atoms with Crippen molar-refractivity contribution in [1.29, 1.82) is 0 Å². The van der Waals surface area contributed by atoms with Crippen LogP contribution in [0.2, 0.25) is 0 Å². The van der Waals surface area contributed by atoms with Crippen LogP contribution in [0.5, 0.6) is 0 Å². The first-order valence-electron chi connectivity index (χ1n) is 8.36. The van der Waals surface area contributed by atoms with Crippen molar-refractivity contribution in [2.45, 2.75) is 73.4 Å². The lowest BCUT2D eigenvalue weighted by Crippen LogP contribution is -2.27. The molecule has 0 fully saturated rings. The summed E-state index contributed by atoms with van der Waals surface area (Å²) in [5.74, 6) is 1.20. The maximum absolute atomic E-state index is 4.99. The molecule has 0 saturated heterocycles. The fourth-order valence-corrected chi connectivity index (χ4v) is 3.48. The number of rotatable bonds is 9. The van der Waals surface area contributed by atoms with Gasteiger partial charge in [-0.3, -0.25) is 0 Å². The molecule has 1 heterocycles. The number of nitrogens with one attached hydrogen (secondary N) is 1. The molecule has 1 atom stereocenters. The Morgan fingerprint density at radius 1 is 1.14 bits per heavy atom. The number of aromatic nitrogens is 1. The van der Waals surface area contributed by atoms with Crippen LogP contribution in [-0.4, -0.2) is 24.1 Å². The molecule has 1 aromatic heterocycles. The second-order valence-corrected chi connectivity index (χ2v) is 7.64. The largest absolute Gasteiger partial charge is 0.348 e. The van der Waals surface area contributed by atoms with E-state index in [-0.39, 0.29) is 0 Å². The highest BCUT2D eigenvalue weighted by atomic mass is 32.1. The smallest absolute Gasteiger partial charge is 0.185 e. The van der Waals surface area contributed by atoms with Gasteiger partial charge in [-0.1, -0.05) is 41.5 Å². The molecule has 1 rings (SSSR count). The fraction of sp³-hybridized carbons (Fsp3) is 0.824. The summed E-state index contributed by atoms with van der Waals surface area (Å²) >= 11 is 1.87. The molecule has 1 N–H and O–H groups in total. The monoisotopic (exact) mass is 311 g/mol. The highest BCUT2D eigenvalue weighted by Gasteiger charge is 2.19. The molecule has 1 aromatic rings. The normalized spacial score (nSPS) is 13.2. The molecule has 21 heavy (non-hydrogen) atoms. The predicted octanol–water partition coefficient (Wildman–Crippen LogP) is 4.64. The van der Waals surface area contributed by atoms with Crippen LogP contribution in [-0.2, 0) is 6.54 Å². The molecule has 122 valence electrons. The summed E-state index contributed by atoms with van der Waals surface area (Å²) in [5, 5.41) is 4.74. The molecule has 0 saturated carbocycles. The molecule has 0 aliphatic heterocycles.